The zero-order valence-electron chi connectivity index (χ0n) is 12.0. The van der Waals surface area contributed by atoms with E-state index in [1.54, 1.807) is 26.1 Å². The molecule has 0 radical (unpaired) electrons. The van der Waals surface area contributed by atoms with Crippen LogP contribution in [0.5, 0.6) is 0 Å². The Morgan fingerprint density at radius 1 is 1.40 bits per heavy atom. The van der Waals surface area contributed by atoms with Crippen molar-refractivity contribution in [3.8, 4) is 0 Å². The predicted molar refractivity (Wildman–Crippen MR) is 80.1 cm³/mol. The fraction of sp³-hybridized carbons (Fsp3) is 0.333. The SMILES string of the molecule is CNc1nc(C(=O)N(C)CCOC)cc2ccccc12. The average molecular weight is 273 g/mol. The first-order chi connectivity index (χ1) is 9.67. The summed E-state index contributed by atoms with van der Waals surface area (Å²) in [4.78, 5) is 18.4. The number of nitrogens with one attached hydrogen (secondary N) is 1. The van der Waals surface area contributed by atoms with Crippen molar-refractivity contribution in [1.82, 2.24) is 9.88 Å². The Hall–Kier alpha value is -2.14. The summed E-state index contributed by atoms with van der Waals surface area (Å²) in [7, 11) is 5.17. The van der Waals surface area contributed by atoms with Crippen LogP contribution in [0.3, 0.4) is 0 Å². The maximum atomic E-state index is 12.3. The molecule has 0 aliphatic heterocycles. The molecule has 5 nitrogen and oxygen atoms in total. The fourth-order valence-electron chi connectivity index (χ4n) is 2.02. The number of methoxy groups -OCH3 is 1. The van der Waals surface area contributed by atoms with Crippen LogP contribution in [0.15, 0.2) is 30.3 Å². The van der Waals surface area contributed by atoms with E-state index in [1.807, 2.05) is 30.3 Å². The van der Waals surface area contributed by atoms with Crippen LogP contribution >= 0.6 is 0 Å². The minimum Gasteiger partial charge on any atom is -0.383 e. The first kappa shape index (κ1) is 14.3. The van der Waals surface area contributed by atoms with Crippen LogP contribution in [0.4, 0.5) is 5.82 Å². The number of carbonyl (C=O) groups excluding carboxylic acids is 1. The lowest BCUT2D eigenvalue weighted by Gasteiger charge is -2.17. The van der Waals surface area contributed by atoms with E-state index < -0.39 is 0 Å². The van der Waals surface area contributed by atoms with Gasteiger partial charge in [0, 0.05) is 33.1 Å². The molecule has 0 spiro atoms. The van der Waals surface area contributed by atoms with E-state index in [0.717, 1.165) is 10.8 Å². The molecular weight excluding hydrogens is 254 g/mol. The molecule has 1 heterocycles. The summed E-state index contributed by atoms with van der Waals surface area (Å²) in [6.45, 7) is 1.05. The molecule has 5 heteroatoms. The molecule has 20 heavy (non-hydrogen) atoms. The normalized spacial score (nSPS) is 10.6. The second-order valence-corrected chi connectivity index (χ2v) is 4.55. The lowest BCUT2D eigenvalue weighted by Crippen LogP contribution is -2.30. The van der Waals surface area contributed by atoms with Crippen LogP contribution in [-0.2, 0) is 4.74 Å². The number of nitrogens with zero attached hydrogens (tertiary/aromatic N) is 2. The predicted octanol–water partition coefficient (Wildman–Crippen LogP) is 1.99. The number of ether oxygens (including phenoxy) is 1. The van der Waals surface area contributed by atoms with Gasteiger partial charge in [0.15, 0.2) is 0 Å². The summed E-state index contributed by atoms with van der Waals surface area (Å²) in [6.07, 6.45) is 0. The summed E-state index contributed by atoms with van der Waals surface area (Å²) < 4.78 is 4.99. The first-order valence-corrected chi connectivity index (χ1v) is 6.49. The van der Waals surface area contributed by atoms with Crippen molar-refractivity contribution in [1.29, 1.82) is 0 Å². The van der Waals surface area contributed by atoms with Gasteiger partial charge in [-0.15, -0.1) is 0 Å². The van der Waals surface area contributed by atoms with E-state index in [1.165, 1.54) is 0 Å². The molecule has 1 amide bonds. The van der Waals surface area contributed by atoms with Crippen LogP contribution in [-0.4, -0.2) is 50.1 Å². The number of benzene rings is 1. The number of aromatic nitrogens is 1. The zero-order valence-corrected chi connectivity index (χ0v) is 12.0. The standard InChI is InChI=1S/C15H19N3O2/c1-16-14-12-7-5-4-6-11(12)10-13(17-14)15(19)18(2)8-9-20-3/h4-7,10H,8-9H2,1-3H3,(H,16,17). The van der Waals surface area contributed by atoms with Gasteiger partial charge in [-0.05, 0) is 11.5 Å². The van der Waals surface area contributed by atoms with E-state index in [0.29, 0.717) is 24.7 Å². The molecule has 0 aliphatic carbocycles. The minimum absolute atomic E-state index is 0.107. The highest BCUT2D eigenvalue weighted by molar-refractivity contribution is 6.00. The van der Waals surface area contributed by atoms with Crippen molar-refractivity contribution in [2.75, 3.05) is 39.7 Å². The Balaban J connectivity index is 2.37. The number of carbonyl (C=O) groups is 1. The van der Waals surface area contributed by atoms with Crippen LogP contribution in [0.1, 0.15) is 10.5 Å². The molecule has 0 saturated heterocycles. The van der Waals surface area contributed by atoms with Gasteiger partial charge in [0.1, 0.15) is 11.5 Å². The number of fused-ring (bicyclic) bond motifs is 1. The highest BCUT2D eigenvalue weighted by atomic mass is 16.5. The van der Waals surface area contributed by atoms with Crippen molar-refractivity contribution < 1.29 is 9.53 Å². The smallest absolute Gasteiger partial charge is 0.272 e. The van der Waals surface area contributed by atoms with Gasteiger partial charge in [0.05, 0.1) is 6.61 Å². The molecule has 1 aromatic heterocycles. The lowest BCUT2D eigenvalue weighted by molar-refractivity contribution is 0.0739. The Bertz CT molecular complexity index is 613. The molecule has 1 N–H and O–H groups in total. The number of amides is 1. The maximum absolute atomic E-state index is 12.3. The second kappa shape index (κ2) is 6.34. The van der Waals surface area contributed by atoms with Crippen molar-refractivity contribution in [3.63, 3.8) is 0 Å². The Morgan fingerprint density at radius 3 is 2.85 bits per heavy atom. The van der Waals surface area contributed by atoms with Gasteiger partial charge < -0.3 is 15.0 Å². The summed E-state index contributed by atoms with van der Waals surface area (Å²) in [5.74, 6) is 0.607. The quantitative estimate of drug-likeness (QED) is 0.905. The number of pyridine rings is 1. The van der Waals surface area contributed by atoms with Crippen molar-refractivity contribution in [3.05, 3.63) is 36.0 Å². The highest BCUT2D eigenvalue weighted by Gasteiger charge is 2.15. The highest BCUT2D eigenvalue weighted by Crippen LogP contribution is 2.22. The molecule has 106 valence electrons. The van der Waals surface area contributed by atoms with Gasteiger partial charge in [0.25, 0.3) is 5.91 Å². The Kier molecular flexibility index (Phi) is 4.53. The number of rotatable bonds is 5. The zero-order chi connectivity index (χ0) is 14.5. The lowest BCUT2D eigenvalue weighted by atomic mass is 10.1. The van der Waals surface area contributed by atoms with E-state index in [9.17, 15) is 4.79 Å². The molecule has 2 aromatic rings. The summed E-state index contributed by atoms with van der Waals surface area (Å²) in [5.41, 5.74) is 0.437. The van der Waals surface area contributed by atoms with E-state index >= 15 is 0 Å². The molecule has 0 aliphatic rings. The third-order valence-corrected chi connectivity index (χ3v) is 3.17. The summed E-state index contributed by atoms with van der Waals surface area (Å²) in [6, 6.07) is 9.68. The van der Waals surface area contributed by atoms with Crippen LogP contribution in [0.25, 0.3) is 10.8 Å². The maximum Gasteiger partial charge on any atom is 0.272 e. The van der Waals surface area contributed by atoms with Crippen molar-refractivity contribution in [2.45, 2.75) is 0 Å². The van der Waals surface area contributed by atoms with Crippen LogP contribution < -0.4 is 5.32 Å². The Morgan fingerprint density at radius 2 is 2.15 bits per heavy atom. The van der Waals surface area contributed by atoms with E-state index in [2.05, 4.69) is 10.3 Å². The number of anilines is 1. The average Bonchev–Trinajstić information content (AvgIpc) is 2.50. The molecule has 0 bridgehead atoms. The number of hydrogen-bond donors (Lipinski definition) is 1. The number of likely N-dealkylation sites (N-methyl/N-ethyl adjacent to an activating group) is 1. The van der Waals surface area contributed by atoms with E-state index in [4.69, 9.17) is 4.74 Å². The summed E-state index contributed by atoms with van der Waals surface area (Å²) >= 11 is 0. The largest absolute Gasteiger partial charge is 0.383 e. The summed E-state index contributed by atoms with van der Waals surface area (Å²) in [5, 5.41) is 5.04. The molecular formula is C15H19N3O2. The molecule has 2 rings (SSSR count). The van der Waals surface area contributed by atoms with Gasteiger partial charge in [-0.25, -0.2) is 4.98 Å². The molecule has 0 unspecified atom stereocenters. The van der Waals surface area contributed by atoms with Crippen LogP contribution in [0, 0.1) is 0 Å². The molecule has 1 aromatic carbocycles. The molecule has 0 atom stereocenters. The first-order valence-electron chi connectivity index (χ1n) is 6.49. The van der Waals surface area contributed by atoms with Gasteiger partial charge in [-0.1, -0.05) is 24.3 Å². The number of hydrogen-bond acceptors (Lipinski definition) is 4. The fourth-order valence-corrected chi connectivity index (χ4v) is 2.02. The van der Waals surface area contributed by atoms with Gasteiger partial charge in [-0.2, -0.15) is 0 Å². The van der Waals surface area contributed by atoms with Gasteiger partial charge in [-0.3, -0.25) is 4.79 Å². The third kappa shape index (κ3) is 2.88. The van der Waals surface area contributed by atoms with Crippen molar-refractivity contribution >= 4 is 22.5 Å². The van der Waals surface area contributed by atoms with E-state index in [-0.39, 0.29) is 5.91 Å². The monoisotopic (exact) mass is 273 g/mol. The third-order valence-electron chi connectivity index (χ3n) is 3.17. The van der Waals surface area contributed by atoms with Gasteiger partial charge >= 0.3 is 0 Å². The Labute approximate surface area is 118 Å². The molecule has 0 saturated carbocycles. The second-order valence-electron chi connectivity index (χ2n) is 4.55. The van der Waals surface area contributed by atoms with Crippen molar-refractivity contribution in [2.24, 2.45) is 0 Å². The van der Waals surface area contributed by atoms with Crippen LogP contribution in [0.2, 0.25) is 0 Å². The van der Waals surface area contributed by atoms with Gasteiger partial charge in [0.2, 0.25) is 0 Å². The molecule has 0 fully saturated rings. The topological polar surface area (TPSA) is 54.5 Å². The minimum atomic E-state index is -0.107.